The van der Waals surface area contributed by atoms with Gasteiger partial charge in [0.15, 0.2) is 0 Å². The van der Waals surface area contributed by atoms with Crippen LogP contribution in [0, 0.1) is 5.92 Å². The molecule has 1 aliphatic rings. The Bertz CT molecular complexity index is 683. The first-order chi connectivity index (χ1) is 8.61. The fourth-order valence-corrected chi connectivity index (χ4v) is 2.58. The Morgan fingerprint density at radius 3 is 2.94 bits per heavy atom. The maximum Gasteiger partial charge on any atom is 0.335 e. The molecular weight excluding hydrogens is 232 g/mol. The SMILES string of the molecule is CCC1CC1n1c(=O)[nH]c2cc(C(=O)O)ccc21. The first-order valence-corrected chi connectivity index (χ1v) is 6.09. The minimum Gasteiger partial charge on any atom is -0.478 e. The Morgan fingerprint density at radius 2 is 2.33 bits per heavy atom. The van der Waals surface area contributed by atoms with E-state index in [0.29, 0.717) is 11.4 Å². The third-order valence-electron chi connectivity index (χ3n) is 3.70. The summed E-state index contributed by atoms with van der Waals surface area (Å²) in [6, 6.07) is 5.03. The van der Waals surface area contributed by atoms with Crippen molar-refractivity contribution in [3.8, 4) is 0 Å². The average Bonchev–Trinajstić information content (AvgIpc) is 3.03. The number of nitrogens with zero attached hydrogens (tertiary/aromatic N) is 1. The van der Waals surface area contributed by atoms with Crippen molar-refractivity contribution in [2.45, 2.75) is 25.8 Å². The normalized spacial score (nSPS) is 22.3. The Labute approximate surface area is 103 Å². The summed E-state index contributed by atoms with van der Waals surface area (Å²) >= 11 is 0. The van der Waals surface area contributed by atoms with Gasteiger partial charge in [-0.25, -0.2) is 9.59 Å². The fraction of sp³-hybridized carbons (Fsp3) is 0.385. The molecule has 5 nitrogen and oxygen atoms in total. The van der Waals surface area contributed by atoms with Gasteiger partial charge >= 0.3 is 11.7 Å². The van der Waals surface area contributed by atoms with E-state index >= 15 is 0 Å². The predicted molar refractivity (Wildman–Crippen MR) is 67.0 cm³/mol. The van der Waals surface area contributed by atoms with Crippen molar-refractivity contribution in [3.05, 3.63) is 34.2 Å². The molecule has 2 atom stereocenters. The standard InChI is InChI=1S/C13H14N2O3/c1-2-7-6-11(7)15-10-4-3-8(12(16)17)5-9(10)14-13(15)18/h3-5,7,11H,2,6H2,1H3,(H,14,18)(H,16,17). The van der Waals surface area contributed by atoms with Crippen LogP contribution in [0.2, 0.25) is 0 Å². The van der Waals surface area contributed by atoms with Crippen molar-refractivity contribution in [2.75, 3.05) is 0 Å². The molecule has 0 spiro atoms. The lowest BCUT2D eigenvalue weighted by atomic mass is 10.2. The van der Waals surface area contributed by atoms with Crippen molar-refractivity contribution < 1.29 is 9.90 Å². The number of carbonyl (C=O) groups is 1. The van der Waals surface area contributed by atoms with E-state index in [1.165, 1.54) is 12.1 Å². The average molecular weight is 246 g/mol. The molecule has 0 bridgehead atoms. The highest BCUT2D eigenvalue weighted by atomic mass is 16.4. The molecule has 1 aliphatic carbocycles. The predicted octanol–water partition coefficient (Wildman–Crippen LogP) is 2.00. The van der Waals surface area contributed by atoms with Gasteiger partial charge in [0.25, 0.3) is 0 Å². The monoisotopic (exact) mass is 246 g/mol. The van der Waals surface area contributed by atoms with Crippen molar-refractivity contribution in [1.82, 2.24) is 9.55 Å². The molecule has 18 heavy (non-hydrogen) atoms. The third-order valence-corrected chi connectivity index (χ3v) is 3.70. The molecule has 0 amide bonds. The molecule has 5 heteroatoms. The Morgan fingerprint density at radius 1 is 1.56 bits per heavy atom. The summed E-state index contributed by atoms with van der Waals surface area (Å²) < 4.78 is 1.76. The summed E-state index contributed by atoms with van der Waals surface area (Å²) in [5.41, 5.74) is 1.44. The Kier molecular flexibility index (Phi) is 2.29. The molecule has 0 saturated heterocycles. The zero-order chi connectivity index (χ0) is 12.9. The molecule has 94 valence electrons. The zero-order valence-electron chi connectivity index (χ0n) is 10.0. The quantitative estimate of drug-likeness (QED) is 0.869. The molecule has 2 aromatic rings. The number of imidazole rings is 1. The number of aromatic nitrogens is 2. The summed E-state index contributed by atoms with van der Waals surface area (Å²) in [5.74, 6) is -0.413. The topological polar surface area (TPSA) is 75.1 Å². The lowest BCUT2D eigenvalue weighted by Gasteiger charge is -2.01. The molecule has 2 N–H and O–H groups in total. The summed E-state index contributed by atoms with van der Waals surface area (Å²) in [5, 5.41) is 8.92. The number of benzene rings is 1. The highest BCUT2D eigenvalue weighted by molar-refractivity contribution is 5.92. The van der Waals surface area contributed by atoms with Gasteiger partial charge in [-0.2, -0.15) is 0 Å². The van der Waals surface area contributed by atoms with Crippen LogP contribution >= 0.6 is 0 Å². The molecule has 1 aromatic heterocycles. The van der Waals surface area contributed by atoms with Gasteiger partial charge in [-0.1, -0.05) is 13.3 Å². The number of hydrogen-bond donors (Lipinski definition) is 2. The van der Waals surface area contributed by atoms with Crippen molar-refractivity contribution in [1.29, 1.82) is 0 Å². The van der Waals surface area contributed by atoms with Crippen LogP contribution in [0.3, 0.4) is 0 Å². The van der Waals surface area contributed by atoms with E-state index in [1.54, 1.807) is 10.6 Å². The molecule has 1 aromatic carbocycles. The van der Waals surface area contributed by atoms with Crippen LogP contribution in [0.4, 0.5) is 0 Å². The number of nitrogens with one attached hydrogen (secondary N) is 1. The third kappa shape index (κ3) is 1.54. The van der Waals surface area contributed by atoms with E-state index in [0.717, 1.165) is 18.4 Å². The lowest BCUT2D eigenvalue weighted by Crippen LogP contribution is -2.16. The van der Waals surface area contributed by atoms with E-state index in [4.69, 9.17) is 5.11 Å². The van der Waals surface area contributed by atoms with Crippen LogP contribution in [-0.4, -0.2) is 20.6 Å². The van der Waals surface area contributed by atoms with Crippen LogP contribution < -0.4 is 5.69 Å². The minimum atomic E-state index is -0.983. The number of carboxylic acids is 1. The number of hydrogen-bond acceptors (Lipinski definition) is 2. The van der Waals surface area contributed by atoms with Gasteiger partial charge < -0.3 is 10.1 Å². The van der Waals surface area contributed by atoms with Gasteiger partial charge in [0.05, 0.1) is 16.6 Å². The maximum atomic E-state index is 11.9. The Hall–Kier alpha value is -2.04. The highest BCUT2D eigenvalue weighted by Gasteiger charge is 2.38. The molecule has 2 unspecified atom stereocenters. The number of rotatable bonds is 3. The van der Waals surface area contributed by atoms with Crippen LogP contribution in [-0.2, 0) is 0 Å². The van der Waals surface area contributed by atoms with Gasteiger partial charge in [-0.15, -0.1) is 0 Å². The number of aromatic amines is 1. The molecule has 0 radical (unpaired) electrons. The summed E-state index contributed by atoms with van der Waals surface area (Å²) in [7, 11) is 0. The van der Waals surface area contributed by atoms with Crippen LogP contribution in [0.25, 0.3) is 11.0 Å². The first-order valence-electron chi connectivity index (χ1n) is 6.09. The van der Waals surface area contributed by atoms with Crippen molar-refractivity contribution in [2.24, 2.45) is 5.92 Å². The van der Waals surface area contributed by atoms with Gasteiger partial charge in [-0.05, 0) is 30.5 Å². The van der Waals surface area contributed by atoms with E-state index in [2.05, 4.69) is 11.9 Å². The molecule has 3 rings (SSSR count). The van der Waals surface area contributed by atoms with Gasteiger partial charge in [0.2, 0.25) is 0 Å². The van der Waals surface area contributed by atoms with Crippen molar-refractivity contribution >= 4 is 17.0 Å². The van der Waals surface area contributed by atoms with Crippen LogP contribution in [0.5, 0.6) is 0 Å². The van der Waals surface area contributed by atoms with E-state index < -0.39 is 5.97 Å². The molecule has 1 fully saturated rings. The van der Waals surface area contributed by atoms with Crippen molar-refractivity contribution in [3.63, 3.8) is 0 Å². The Balaban J connectivity index is 2.13. The van der Waals surface area contributed by atoms with Gasteiger partial charge in [0.1, 0.15) is 0 Å². The van der Waals surface area contributed by atoms with Crippen LogP contribution in [0.1, 0.15) is 36.2 Å². The second-order valence-corrected chi connectivity index (χ2v) is 4.81. The largest absolute Gasteiger partial charge is 0.478 e. The zero-order valence-corrected chi connectivity index (χ0v) is 10.0. The number of fused-ring (bicyclic) bond motifs is 1. The first kappa shape index (κ1) is 11.1. The minimum absolute atomic E-state index is 0.145. The van der Waals surface area contributed by atoms with Gasteiger partial charge in [-0.3, -0.25) is 4.57 Å². The van der Waals surface area contributed by atoms with E-state index in [1.807, 2.05) is 0 Å². The molecular formula is C13H14N2O3. The molecule has 0 aliphatic heterocycles. The molecule has 1 heterocycles. The highest BCUT2D eigenvalue weighted by Crippen LogP contribution is 2.45. The summed E-state index contributed by atoms with van der Waals surface area (Å²) in [4.78, 5) is 25.5. The fourth-order valence-electron chi connectivity index (χ4n) is 2.58. The number of H-pyrrole nitrogens is 1. The van der Waals surface area contributed by atoms with E-state index in [-0.39, 0.29) is 17.3 Å². The summed E-state index contributed by atoms with van der Waals surface area (Å²) in [6.07, 6.45) is 2.10. The summed E-state index contributed by atoms with van der Waals surface area (Å²) in [6.45, 7) is 2.12. The second kappa shape index (κ2) is 3.73. The van der Waals surface area contributed by atoms with E-state index in [9.17, 15) is 9.59 Å². The number of aromatic carboxylic acids is 1. The smallest absolute Gasteiger partial charge is 0.335 e. The lowest BCUT2D eigenvalue weighted by molar-refractivity contribution is 0.0697. The maximum absolute atomic E-state index is 11.9. The molecule has 1 saturated carbocycles. The van der Waals surface area contributed by atoms with Gasteiger partial charge in [0, 0.05) is 6.04 Å². The second-order valence-electron chi connectivity index (χ2n) is 4.81. The van der Waals surface area contributed by atoms with Crippen LogP contribution in [0.15, 0.2) is 23.0 Å². The number of carboxylic acid groups (broad SMARTS) is 1.